The van der Waals surface area contributed by atoms with Crippen LogP contribution in [-0.2, 0) is 4.79 Å². The molecule has 2 aliphatic heterocycles. The Morgan fingerprint density at radius 3 is 2.34 bits per heavy atom. The Labute approximate surface area is 170 Å². The largest absolute Gasteiger partial charge is 0.369 e. The van der Waals surface area contributed by atoms with Crippen molar-refractivity contribution in [2.45, 2.75) is 32.7 Å². The molecule has 0 bridgehead atoms. The molecule has 158 valence electrons. The normalized spacial score (nSPS) is 17.6. The van der Waals surface area contributed by atoms with Crippen LogP contribution in [0.3, 0.4) is 0 Å². The lowest BCUT2D eigenvalue weighted by molar-refractivity contribution is -0.385. The Bertz CT molecular complexity index is 768. The topological polar surface area (TPSA) is 99.0 Å². The van der Waals surface area contributed by atoms with Gasteiger partial charge in [0.05, 0.1) is 11.5 Å². The van der Waals surface area contributed by atoms with Crippen molar-refractivity contribution < 1.29 is 14.5 Å². The maximum Gasteiger partial charge on any atom is 0.282 e. The van der Waals surface area contributed by atoms with Gasteiger partial charge in [0, 0.05) is 57.1 Å². The Balaban J connectivity index is 1.68. The first kappa shape index (κ1) is 21.0. The average molecular weight is 403 g/mol. The van der Waals surface area contributed by atoms with Gasteiger partial charge < -0.3 is 15.1 Å². The predicted octanol–water partition coefficient (Wildman–Crippen LogP) is 1.48. The average Bonchev–Trinajstić information content (AvgIpc) is 3.21. The third kappa shape index (κ3) is 5.23. The number of likely N-dealkylation sites (tertiary alicyclic amines) is 1. The number of carbonyl (C=O) groups is 2. The summed E-state index contributed by atoms with van der Waals surface area (Å²) in [5, 5.41) is 14.3. The Morgan fingerprint density at radius 1 is 1.10 bits per heavy atom. The van der Waals surface area contributed by atoms with Crippen LogP contribution in [0.25, 0.3) is 0 Å². The number of nitrogens with zero attached hydrogens (tertiary/aromatic N) is 4. The third-order valence-electron chi connectivity index (χ3n) is 5.35. The van der Waals surface area contributed by atoms with E-state index in [-0.39, 0.29) is 29.1 Å². The zero-order valence-corrected chi connectivity index (χ0v) is 17.1. The van der Waals surface area contributed by atoms with Gasteiger partial charge in [-0.05, 0) is 38.8 Å². The van der Waals surface area contributed by atoms with Gasteiger partial charge in [-0.15, -0.1) is 0 Å². The Morgan fingerprint density at radius 2 is 1.76 bits per heavy atom. The molecule has 2 aliphatic rings. The van der Waals surface area contributed by atoms with Crippen LogP contribution in [0, 0.1) is 10.1 Å². The van der Waals surface area contributed by atoms with Gasteiger partial charge in [-0.1, -0.05) is 0 Å². The number of piperazine rings is 1. The number of benzene rings is 1. The number of anilines is 1. The number of nitrogens with one attached hydrogen (secondary N) is 1. The minimum absolute atomic E-state index is 0.0160. The van der Waals surface area contributed by atoms with Gasteiger partial charge in [-0.3, -0.25) is 24.6 Å². The predicted molar refractivity (Wildman–Crippen MR) is 110 cm³/mol. The van der Waals surface area contributed by atoms with Crippen LogP contribution >= 0.6 is 0 Å². The molecule has 1 N–H and O–H groups in total. The first-order valence-corrected chi connectivity index (χ1v) is 10.2. The molecule has 2 fully saturated rings. The quantitative estimate of drug-likeness (QED) is 0.571. The van der Waals surface area contributed by atoms with Crippen LogP contribution in [0.2, 0.25) is 0 Å². The zero-order chi connectivity index (χ0) is 21.0. The molecule has 0 unspecified atom stereocenters. The molecule has 0 radical (unpaired) electrons. The summed E-state index contributed by atoms with van der Waals surface area (Å²) in [5.41, 5.74) is 0.826. The Hall–Kier alpha value is -2.68. The Kier molecular flexibility index (Phi) is 6.68. The van der Waals surface area contributed by atoms with Gasteiger partial charge in [0.25, 0.3) is 11.6 Å². The van der Waals surface area contributed by atoms with E-state index in [4.69, 9.17) is 0 Å². The van der Waals surface area contributed by atoms with Gasteiger partial charge in [0.1, 0.15) is 5.56 Å². The van der Waals surface area contributed by atoms with Crippen LogP contribution in [-0.4, -0.2) is 78.4 Å². The van der Waals surface area contributed by atoms with Crippen molar-refractivity contribution in [3.63, 3.8) is 0 Å². The monoisotopic (exact) mass is 403 g/mol. The molecule has 2 saturated heterocycles. The molecule has 1 aromatic carbocycles. The van der Waals surface area contributed by atoms with Crippen molar-refractivity contribution in [3.8, 4) is 0 Å². The molecule has 0 spiro atoms. The number of nitro groups is 1. The minimum atomic E-state index is -0.488. The summed E-state index contributed by atoms with van der Waals surface area (Å²) in [4.78, 5) is 41.6. The smallest absolute Gasteiger partial charge is 0.282 e. The maximum absolute atomic E-state index is 12.8. The van der Waals surface area contributed by atoms with Crippen molar-refractivity contribution >= 4 is 23.2 Å². The molecular formula is C20H29N5O4. The number of amides is 2. The van der Waals surface area contributed by atoms with E-state index in [2.05, 4.69) is 15.1 Å². The van der Waals surface area contributed by atoms with E-state index >= 15 is 0 Å². The number of nitro benzene ring substituents is 1. The number of carbonyl (C=O) groups excluding carboxylic acids is 2. The molecule has 0 aliphatic carbocycles. The summed E-state index contributed by atoms with van der Waals surface area (Å²) in [5.74, 6) is -0.248. The second-order valence-corrected chi connectivity index (χ2v) is 7.94. The lowest BCUT2D eigenvalue weighted by Gasteiger charge is -2.36. The van der Waals surface area contributed by atoms with E-state index in [1.165, 1.54) is 6.07 Å². The van der Waals surface area contributed by atoms with Crippen molar-refractivity contribution in [3.05, 3.63) is 33.9 Å². The van der Waals surface area contributed by atoms with E-state index in [1.54, 1.807) is 17.0 Å². The summed E-state index contributed by atoms with van der Waals surface area (Å²) < 4.78 is 0. The SMILES string of the molecule is CC(C)NC(=O)CN1CCN(c2ccc([N+](=O)[O-])c(C(=O)N3CCCC3)c2)CC1. The van der Waals surface area contributed by atoms with E-state index < -0.39 is 4.92 Å². The van der Waals surface area contributed by atoms with Crippen molar-refractivity contribution in [1.82, 2.24) is 15.1 Å². The van der Waals surface area contributed by atoms with E-state index in [9.17, 15) is 19.7 Å². The summed E-state index contributed by atoms with van der Waals surface area (Å²) >= 11 is 0. The van der Waals surface area contributed by atoms with Crippen LogP contribution < -0.4 is 10.2 Å². The fourth-order valence-electron chi connectivity index (χ4n) is 3.88. The minimum Gasteiger partial charge on any atom is -0.369 e. The second kappa shape index (κ2) is 9.21. The van der Waals surface area contributed by atoms with Crippen LogP contribution in [0.15, 0.2) is 18.2 Å². The highest BCUT2D eigenvalue weighted by Gasteiger charge is 2.28. The van der Waals surface area contributed by atoms with E-state index in [0.717, 1.165) is 31.6 Å². The fraction of sp³-hybridized carbons (Fsp3) is 0.600. The van der Waals surface area contributed by atoms with Gasteiger partial charge in [-0.25, -0.2) is 0 Å². The lowest BCUT2D eigenvalue weighted by Crippen LogP contribution is -2.50. The highest BCUT2D eigenvalue weighted by molar-refractivity contribution is 5.99. The first-order chi connectivity index (χ1) is 13.8. The van der Waals surface area contributed by atoms with Gasteiger partial charge in [0.2, 0.25) is 5.91 Å². The third-order valence-corrected chi connectivity index (χ3v) is 5.35. The fourth-order valence-corrected chi connectivity index (χ4v) is 3.88. The molecule has 0 atom stereocenters. The molecule has 2 heterocycles. The second-order valence-electron chi connectivity index (χ2n) is 7.94. The standard InChI is InChI=1S/C20H29N5O4/c1-15(2)21-19(26)14-22-9-11-23(12-10-22)16-5-6-18(25(28)29)17(13-16)20(27)24-7-3-4-8-24/h5-6,13,15H,3-4,7-12,14H2,1-2H3,(H,21,26). The van der Waals surface area contributed by atoms with Crippen molar-refractivity contribution in [2.24, 2.45) is 0 Å². The van der Waals surface area contributed by atoms with Crippen LogP contribution in [0.1, 0.15) is 37.0 Å². The molecule has 1 aromatic rings. The van der Waals surface area contributed by atoms with Crippen LogP contribution in [0.4, 0.5) is 11.4 Å². The highest BCUT2D eigenvalue weighted by Crippen LogP contribution is 2.28. The molecule has 9 nitrogen and oxygen atoms in total. The molecule has 3 rings (SSSR count). The highest BCUT2D eigenvalue weighted by atomic mass is 16.6. The van der Waals surface area contributed by atoms with E-state index in [1.807, 2.05) is 13.8 Å². The summed E-state index contributed by atoms with van der Waals surface area (Å²) in [6.07, 6.45) is 1.87. The first-order valence-electron chi connectivity index (χ1n) is 10.2. The van der Waals surface area contributed by atoms with Crippen LogP contribution in [0.5, 0.6) is 0 Å². The maximum atomic E-state index is 12.8. The summed E-state index contributed by atoms with van der Waals surface area (Å²) in [6.45, 7) is 8.38. The summed E-state index contributed by atoms with van der Waals surface area (Å²) in [6, 6.07) is 4.91. The van der Waals surface area contributed by atoms with E-state index in [0.29, 0.717) is 32.7 Å². The molecule has 0 aromatic heterocycles. The van der Waals surface area contributed by atoms with Crippen molar-refractivity contribution in [2.75, 3.05) is 50.7 Å². The summed E-state index contributed by atoms with van der Waals surface area (Å²) in [7, 11) is 0. The molecule has 0 saturated carbocycles. The van der Waals surface area contributed by atoms with Crippen molar-refractivity contribution in [1.29, 1.82) is 0 Å². The van der Waals surface area contributed by atoms with Gasteiger partial charge >= 0.3 is 0 Å². The molecule has 2 amide bonds. The molecule has 9 heteroatoms. The molecular weight excluding hydrogens is 374 g/mol. The molecule has 29 heavy (non-hydrogen) atoms. The van der Waals surface area contributed by atoms with Gasteiger partial charge in [-0.2, -0.15) is 0 Å². The number of rotatable bonds is 6. The van der Waals surface area contributed by atoms with Gasteiger partial charge in [0.15, 0.2) is 0 Å². The number of hydrogen-bond donors (Lipinski definition) is 1. The lowest BCUT2D eigenvalue weighted by atomic mass is 10.1. The zero-order valence-electron chi connectivity index (χ0n) is 17.1. The number of hydrogen-bond acceptors (Lipinski definition) is 6.